The van der Waals surface area contributed by atoms with Crippen LogP contribution in [-0.2, 0) is 23.9 Å². The van der Waals surface area contributed by atoms with Crippen molar-refractivity contribution in [2.75, 3.05) is 13.2 Å². The number of halogens is 1. The van der Waals surface area contributed by atoms with Crippen LogP contribution in [-0.4, -0.2) is 35.8 Å². The first-order valence-corrected chi connectivity index (χ1v) is 6.97. The number of hydrogen-bond donors (Lipinski definition) is 0. The maximum absolute atomic E-state index is 11.5. The number of alkyl halides is 1. The van der Waals surface area contributed by atoms with Gasteiger partial charge in [0.1, 0.15) is 0 Å². The van der Waals surface area contributed by atoms with E-state index in [1.165, 1.54) is 0 Å². The van der Waals surface area contributed by atoms with E-state index < -0.39 is 22.5 Å². The minimum absolute atomic E-state index is 0.186. The summed E-state index contributed by atoms with van der Waals surface area (Å²) in [5.41, 5.74) is 0. The molecule has 0 heterocycles. The van der Waals surface area contributed by atoms with Gasteiger partial charge in [0.15, 0.2) is 4.83 Å². The van der Waals surface area contributed by atoms with Crippen molar-refractivity contribution >= 4 is 33.7 Å². The molecule has 0 aliphatic heterocycles. The minimum Gasteiger partial charge on any atom is -0.465 e. The summed E-state index contributed by atoms with van der Waals surface area (Å²) in [6.07, 6.45) is 3.15. The van der Waals surface area contributed by atoms with E-state index in [-0.39, 0.29) is 13.2 Å². The predicted molar refractivity (Wildman–Crippen MR) is 69.5 cm³/mol. The van der Waals surface area contributed by atoms with Crippen molar-refractivity contribution in [2.24, 2.45) is 0 Å². The third kappa shape index (κ3) is 6.74. The van der Waals surface area contributed by atoms with Crippen molar-refractivity contribution in [3.05, 3.63) is 0 Å². The van der Waals surface area contributed by atoms with Gasteiger partial charge in [-0.2, -0.15) is 0 Å². The summed E-state index contributed by atoms with van der Waals surface area (Å²) >= 11 is 2.85. The van der Waals surface area contributed by atoms with Crippen LogP contribution in [0.5, 0.6) is 0 Å². The number of Topliss-reactive ketones (excluding diaryl/α,β-unsaturated/α-hetero) is 1. The highest BCUT2D eigenvalue weighted by molar-refractivity contribution is 9.10. The van der Waals surface area contributed by atoms with Crippen LogP contribution < -0.4 is 0 Å². The van der Waals surface area contributed by atoms with Crippen LogP contribution >= 0.6 is 15.9 Å². The highest BCUT2D eigenvalue weighted by Crippen LogP contribution is 2.06. The molecule has 0 aromatic heterocycles. The SMILES string of the molecule is CCCCOC(=O)C(=O)C(Br)C(=O)OCCCC. The lowest BCUT2D eigenvalue weighted by Gasteiger charge is -2.08. The average molecular weight is 323 g/mol. The monoisotopic (exact) mass is 322 g/mol. The van der Waals surface area contributed by atoms with Crippen LogP contribution in [0.4, 0.5) is 0 Å². The van der Waals surface area contributed by atoms with E-state index in [2.05, 4.69) is 15.9 Å². The summed E-state index contributed by atoms with van der Waals surface area (Å²) in [5.74, 6) is -2.67. The number of unbranched alkanes of at least 4 members (excludes halogenated alkanes) is 2. The Morgan fingerprint density at radius 2 is 1.50 bits per heavy atom. The molecule has 0 rings (SSSR count). The highest BCUT2D eigenvalue weighted by atomic mass is 79.9. The van der Waals surface area contributed by atoms with Crippen molar-refractivity contribution < 1.29 is 23.9 Å². The second kappa shape index (κ2) is 10.1. The van der Waals surface area contributed by atoms with Crippen molar-refractivity contribution in [1.29, 1.82) is 0 Å². The van der Waals surface area contributed by atoms with Gasteiger partial charge in [-0.1, -0.05) is 42.6 Å². The van der Waals surface area contributed by atoms with E-state index in [1.54, 1.807) is 0 Å². The molecule has 0 aromatic rings. The molecule has 0 saturated carbocycles. The number of carbonyl (C=O) groups excluding carboxylic acids is 3. The van der Waals surface area contributed by atoms with Gasteiger partial charge < -0.3 is 9.47 Å². The zero-order chi connectivity index (χ0) is 14.0. The summed E-state index contributed by atoms with van der Waals surface area (Å²) in [6.45, 7) is 4.32. The molecular weight excluding hydrogens is 304 g/mol. The Balaban J connectivity index is 4.06. The molecule has 1 unspecified atom stereocenters. The molecule has 0 aromatic carbocycles. The van der Waals surface area contributed by atoms with Crippen molar-refractivity contribution in [3.8, 4) is 0 Å². The Hall–Kier alpha value is -0.910. The van der Waals surface area contributed by atoms with Crippen LogP contribution in [0.1, 0.15) is 39.5 Å². The van der Waals surface area contributed by atoms with Crippen LogP contribution in [0, 0.1) is 0 Å². The van der Waals surface area contributed by atoms with Crippen LogP contribution in [0.2, 0.25) is 0 Å². The van der Waals surface area contributed by atoms with Crippen molar-refractivity contribution in [2.45, 2.75) is 44.4 Å². The van der Waals surface area contributed by atoms with Crippen LogP contribution in [0.15, 0.2) is 0 Å². The molecule has 0 saturated heterocycles. The fourth-order valence-corrected chi connectivity index (χ4v) is 1.30. The lowest BCUT2D eigenvalue weighted by Crippen LogP contribution is -2.33. The van der Waals surface area contributed by atoms with Gasteiger partial charge in [0.05, 0.1) is 13.2 Å². The maximum atomic E-state index is 11.5. The second-order valence-corrected chi connectivity index (χ2v) is 4.65. The van der Waals surface area contributed by atoms with Gasteiger partial charge in [-0.25, -0.2) is 4.79 Å². The number of hydrogen-bond acceptors (Lipinski definition) is 5. The van der Waals surface area contributed by atoms with Crippen molar-refractivity contribution in [3.63, 3.8) is 0 Å². The Morgan fingerprint density at radius 1 is 1.00 bits per heavy atom. The summed E-state index contributed by atoms with van der Waals surface area (Å²) < 4.78 is 9.54. The van der Waals surface area contributed by atoms with E-state index in [9.17, 15) is 14.4 Å². The van der Waals surface area contributed by atoms with Crippen molar-refractivity contribution in [1.82, 2.24) is 0 Å². The number of esters is 2. The Kier molecular flexibility index (Phi) is 9.55. The first-order chi connectivity index (χ1) is 8.54. The Morgan fingerprint density at radius 3 is 2.00 bits per heavy atom. The maximum Gasteiger partial charge on any atom is 0.376 e. The molecule has 6 heteroatoms. The molecule has 0 bridgehead atoms. The molecule has 0 spiro atoms. The molecular formula is C12H19BrO5. The van der Waals surface area contributed by atoms with Gasteiger partial charge in [-0.05, 0) is 12.8 Å². The lowest BCUT2D eigenvalue weighted by atomic mass is 10.3. The van der Waals surface area contributed by atoms with Crippen LogP contribution in [0.3, 0.4) is 0 Å². The third-order valence-electron chi connectivity index (χ3n) is 2.11. The third-order valence-corrected chi connectivity index (χ3v) is 2.90. The highest BCUT2D eigenvalue weighted by Gasteiger charge is 2.31. The fraction of sp³-hybridized carbons (Fsp3) is 0.750. The van der Waals surface area contributed by atoms with Gasteiger partial charge in [-0.3, -0.25) is 9.59 Å². The van der Waals surface area contributed by atoms with E-state index in [0.717, 1.165) is 19.3 Å². The first kappa shape index (κ1) is 17.1. The normalized spacial score (nSPS) is 11.7. The average Bonchev–Trinajstić information content (AvgIpc) is 2.37. The molecule has 5 nitrogen and oxygen atoms in total. The standard InChI is InChI=1S/C12H19BrO5/c1-3-5-7-17-11(15)9(13)10(14)12(16)18-8-6-4-2/h9H,3-8H2,1-2H3. The van der Waals surface area contributed by atoms with Gasteiger partial charge in [-0.15, -0.1) is 0 Å². The minimum atomic E-state index is -1.27. The van der Waals surface area contributed by atoms with Gasteiger partial charge in [0.25, 0.3) is 5.78 Å². The predicted octanol–water partition coefficient (Wildman–Crippen LogP) is 2.01. The van der Waals surface area contributed by atoms with Gasteiger partial charge in [0, 0.05) is 0 Å². The van der Waals surface area contributed by atoms with Crippen LogP contribution in [0.25, 0.3) is 0 Å². The molecule has 0 aliphatic carbocycles. The molecule has 0 N–H and O–H groups in total. The zero-order valence-corrected chi connectivity index (χ0v) is 12.3. The topological polar surface area (TPSA) is 69.7 Å². The zero-order valence-electron chi connectivity index (χ0n) is 10.7. The summed E-state index contributed by atoms with van der Waals surface area (Å²) in [5, 5.41) is 0. The van der Waals surface area contributed by atoms with E-state index in [0.29, 0.717) is 6.42 Å². The molecule has 18 heavy (non-hydrogen) atoms. The smallest absolute Gasteiger partial charge is 0.376 e. The molecule has 1 atom stereocenters. The number of rotatable bonds is 9. The molecule has 0 fully saturated rings. The number of carbonyl (C=O) groups is 3. The fourth-order valence-electron chi connectivity index (χ4n) is 0.981. The lowest BCUT2D eigenvalue weighted by molar-refractivity contribution is -0.157. The summed E-state index contributed by atoms with van der Waals surface area (Å²) in [6, 6.07) is 0. The van der Waals surface area contributed by atoms with Gasteiger partial charge >= 0.3 is 11.9 Å². The molecule has 0 amide bonds. The summed E-state index contributed by atoms with van der Waals surface area (Å²) in [4.78, 5) is 32.9. The Bertz CT molecular complexity index is 290. The summed E-state index contributed by atoms with van der Waals surface area (Å²) in [7, 11) is 0. The number of ether oxygens (including phenoxy) is 2. The molecule has 104 valence electrons. The van der Waals surface area contributed by atoms with E-state index in [1.807, 2.05) is 13.8 Å². The van der Waals surface area contributed by atoms with Gasteiger partial charge in [0.2, 0.25) is 0 Å². The Labute approximate surface area is 115 Å². The second-order valence-electron chi connectivity index (χ2n) is 3.74. The van der Waals surface area contributed by atoms with E-state index >= 15 is 0 Å². The van der Waals surface area contributed by atoms with E-state index in [4.69, 9.17) is 9.47 Å². The number of ketones is 1. The first-order valence-electron chi connectivity index (χ1n) is 6.06. The quantitative estimate of drug-likeness (QED) is 0.213. The largest absolute Gasteiger partial charge is 0.465 e. The molecule has 0 radical (unpaired) electrons. The molecule has 0 aliphatic rings.